The van der Waals surface area contributed by atoms with Crippen LogP contribution in [0.4, 0.5) is 0 Å². The Labute approximate surface area is 140 Å². The number of piperazine rings is 1. The van der Waals surface area contributed by atoms with Crippen LogP contribution in [0.1, 0.15) is 62.5 Å². The smallest absolute Gasteiger partial charge is 0.140 e. The fraction of sp³-hybridized carbons (Fsp3) is 0.842. The van der Waals surface area contributed by atoms with E-state index in [-0.39, 0.29) is 0 Å². The van der Waals surface area contributed by atoms with Gasteiger partial charge >= 0.3 is 0 Å². The van der Waals surface area contributed by atoms with Crippen LogP contribution in [-0.2, 0) is 19.4 Å². The predicted molar refractivity (Wildman–Crippen MR) is 91.4 cm³/mol. The van der Waals surface area contributed by atoms with E-state index >= 15 is 0 Å². The molecule has 0 spiro atoms. The van der Waals surface area contributed by atoms with E-state index in [9.17, 15) is 0 Å². The van der Waals surface area contributed by atoms with Crippen LogP contribution in [-0.4, -0.2) is 47.2 Å². The molecule has 0 unspecified atom stereocenters. The first-order valence-corrected chi connectivity index (χ1v) is 9.72. The van der Waals surface area contributed by atoms with Gasteiger partial charge in [-0.05, 0) is 50.9 Å². The molecule has 0 atom stereocenters. The number of fused-ring (bicyclic) bond motifs is 1. The molecule has 1 aromatic heterocycles. The molecule has 4 nitrogen and oxygen atoms in total. The van der Waals surface area contributed by atoms with E-state index in [1.54, 1.807) is 0 Å². The summed E-state index contributed by atoms with van der Waals surface area (Å²) in [6.07, 6.45) is 10.5. The summed E-state index contributed by atoms with van der Waals surface area (Å²) in [4.78, 5) is 5.33. The highest BCUT2D eigenvalue weighted by Gasteiger charge is 2.28. The van der Waals surface area contributed by atoms with Crippen molar-refractivity contribution in [3.8, 4) is 0 Å². The van der Waals surface area contributed by atoms with Gasteiger partial charge < -0.3 is 4.52 Å². The SMILES string of the molecule is CC1CCC(N2CCN(Cc3noc4c3CCCC4)CC2)CC1. The van der Waals surface area contributed by atoms with Gasteiger partial charge in [0, 0.05) is 50.7 Å². The number of hydrogen-bond donors (Lipinski definition) is 0. The molecule has 1 aromatic rings. The Kier molecular flexibility index (Phi) is 4.72. The van der Waals surface area contributed by atoms with Gasteiger partial charge in [0.2, 0.25) is 0 Å². The zero-order chi connectivity index (χ0) is 15.6. The highest BCUT2D eigenvalue weighted by molar-refractivity contribution is 5.25. The molecule has 4 heteroatoms. The molecule has 1 saturated carbocycles. The molecule has 0 N–H and O–H groups in total. The summed E-state index contributed by atoms with van der Waals surface area (Å²) in [5, 5.41) is 4.38. The van der Waals surface area contributed by atoms with Crippen molar-refractivity contribution < 1.29 is 4.52 Å². The van der Waals surface area contributed by atoms with Crippen LogP contribution < -0.4 is 0 Å². The van der Waals surface area contributed by atoms with Crippen molar-refractivity contribution in [1.82, 2.24) is 15.0 Å². The van der Waals surface area contributed by atoms with Crippen LogP contribution in [0.5, 0.6) is 0 Å². The third-order valence-electron chi connectivity index (χ3n) is 6.31. The summed E-state index contributed by atoms with van der Waals surface area (Å²) in [6, 6.07) is 0.855. The molecule has 1 saturated heterocycles. The van der Waals surface area contributed by atoms with Gasteiger partial charge in [-0.15, -0.1) is 0 Å². The van der Waals surface area contributed by atoms with E-state index in [4.69, 9.17) is 4.52 Å². The Morgan fingerprint density at radius 3 is 2.52 bits per heavy atom. The highest BCUT2D eigenvalue weighted by atomic mass is 16.5. The lowest BCUT2D eigenvalue weighted by atomic mass is 9.86. The van der Waals surface area contributed by atoms with Gasteiger partial charge in [0.15, 0.2) is 0 Å². The third kappa shape index (κ3) is 3.48. The first kappa shape index (κ1) is 15.6. The summed E-state index contributed by atoms with van der Waals surface area (Å²) in [6.45, 7) is 8.25. The molecule has 1 aliphatic heterocycles. The molecule has 3 aliphatic rings. The largest absolute Gasteiger partial charge is 0.361 e. The maximum Gasteiger partial charge on any atom is 0.140 e. The molecule has 0 amide bonds. The topological polar surface area (TPSA) is 32.5 Å². The fourth-order valence-corrected chi connectivity index (χ4v) is 4.68. The van der Waals surface area contributed by atoms with E-state index in [1.807, 2.05) is 0 Å². The van der Waals surface area contributed by atoms with Gasteiger partial charge in [-0.3, -0.25) is 9.80 Å². The Bertz CT molecular complexity index is 511. The zero-order valence-electron chi connectivity index (χ0n) is 14.6. The maximum absolute atomic E-state index is 5.57. The van der Waals surface area contributed by atoms with Gasteiger partial charge in [-0.1, -0.05) is 12.1 Å². The third-order valence-corrected chi connectivity index (χ3v) is 6.31. The molecule has 2 aliphatic carbocycles. The van der Waals surface area contributed by atoms with Gasteiger partial charge in [-0.2, -0.15) is 0 Å². The number of aryl methyl sites for hydroxylation is 1. The average Bonchev–Trinajstić information content (AvgIpc) is 3.00. The van der Waals surface area contributed by atoms with Crippen LogP contribution in [0.25, 0.3) is 0 Å². The lowest BCUT2D eigenvalue weighted by molar-refractivity contribution is 0.0678. The minimum Gasteiger partial charge on any atom is -0.361 e. The minimum absolute atomic E-state index is 0.855. The Balaban J connectivity index is 1.29. The van der Waals surface area contributed by atoms with Crippen molar-refractivity contribution in [2.45, 2.75) is 70.9 Å². The zero-order valence-corrected chi connectivity index (χ0v) is 14.6. The first-order chi connectivity index (χ1) is 11.3. The van der Waals surface area contributed by atoms with Gasteiger partial charge in [0.1, 0.15) is 11.5 Å². The minimum atomic E-state index is 0.855. The van der Waals surface area contributed by atoms with Crippen LogP contribution in [0, 0.1) is 5.92 Å². The van der Waals surface area contributed by atoms with Gasteiger partial charge in [0.25, 0.3) is 0 Å². The van der Waals surface area contributed by atoms with Crippen LogP contribution in [0.3, 0.4) is 0 Å². The van der Waals surface area contributed by atoms with Crippen LogP contribution in [0.2, 0.25) is 0 Å². The monoisotopic (exact) mass is 317 g/mol. The Morgan fingerprint density at radius 2 is 1.74 bits per heavy atom. The van der Waals surface area contributed by atoms with Crippen molar-refractivity contribution in [2.75, 3.05) is 26.2 Å². The molecule has 128 valence electrons. The lowest BCUT2D eigenvalue weighted by Gasteiger charge is -2.41. The fourth-order valence-electron chi connectivity index (χ4n) is 4.68. The van der Waals surface area contributed by atoms with E-state index in [2.05, 4.69) is 21.9 Å². The normalized spacial score (nSPS) is 30.3. The molecule has 0 bridgehead atoms. The number of aromatic nitrogens is 1. The van der Waals surface area contributed by atoms with Gasteiger partial charge in [0.05, 0.1) is 0 Å². The molecule has 0 radical (unpaired) electrons. The van der Waals surface area contributed by atoms with Crippen LogP contribution in [0.15, 0.2) is 4.52 Å². The summed E-state index contributed by atoms with van der Waals surface area (Å²) in [7, 11) is 0. The quantitative estimate of drug-likeness (QED) is 0.857. The van der Waals surface area contributed by atoms with Crippen molar-refractivity contribution in [1.29, 1.82) is 0 Å². The number of hydrogen-bond acceptors (Lipinski definition) is 4. The summed E-state index contributed by atoms with van der Waals surface area (Å²) in [5.74, 6) is 2.12. The van der Waals surface area contributed by atoms with E-state index < -0.39 is 0 Å². The highest BCUT2D eigenvalue weighted by Crippen LogP contribution is 2.28. The van der Waals surface area contributed by atoms with E-state index in [0.29, 0.717) is 0 Å². The van der Waals surface area contributed by atoms with Crippen molar-refractivity contribution >= 4 is 0 Å². The van der Waals surface area contributed by atoms with Gasteiger partial charge in [-0.25, -0.2) is 0 Å². The lowest BCUT2D eigenvalue weighted by Crippen LogP contribution is -2.50. The Morgan fingerprint density at radius 1 is 1.00 bits per heavy atom. The predicted octanol–water partition coefficient (Wildman–Crippen LogP) is 3.25. The standard InChI is InChI=1S/C19H31N3O/c1-15-6-8-16(9-7-15)22-12-10-21(11-13-22)14-18-17-4-2-3-5-19(17)23-20-18/h15-16H,2-14H2,1H3. The first-order valence-electron chi connectivity index (χ1n) is 9.72. The number of rotatable bonds is 3. The second-order valence-corrected chi connectivity index (χ2v) is 7.96. The second-order valence-electron chi connectivity index (χ2n) is 7.96. The second kappa shape index (κ2) is 6.94. The molecule has 2 fully saturated rings. The summed E-state index contributed by atoms with van der Waals surface area (Å²) < 4.78 is 5.57. The Hall–Kier alpha value is -0.870. The molecular weight excluding hydrogens is 286 g/mol. The van der Waals surface area contributed by atoms with E-state index in [0.717, 1.165) is 24.9 Å². The van der Waals surface area contributed by atoms with Crippen LogP contribution >= 0.6 is 0 Å². The summed E-state index contributed by atoms with van der Waals surface area (Å²) in [5.41, 5.74) is 2.65. The molecule has 4 rings (SSSR count). The molecule has 2 heterocycles. The van der Waals surface area contributed by atoms with E-state index in [1.165, 1.54) is 88.1 Å². The van der Waals surface area contributed by atoms with Crippen molar-refractivity contribution in [2.24, 2.45) is 5.92 Å². The van der Waals surface area contributed by atoms with Crippen molar-refractivity contribution in [3.05, 3.63) is 17.0 Å². The maximum atomic E-state index is 5.57. The number of nitrogens with zero attached hydrogens (tertiary/aromatic N) is 3. The molecule has 0 aromatic carbocycles. The molecule has 23 heavy (non-hydrogen) atoms. The molecular formula is C19H31N3O. The van der Waals surface area contributed by atoms with Crippen molar-refractivity contribution in [3.63, 3.8) is 0 Å². The average molecular weight is 317 g/mol. The summed E-state index contributed by atoms with van der Waals surface area (Å²) >= 11 is 0.